The van der Waals surface area contributed by atoms with Gasteiger partial charge >= 0.3 is 0 Å². The van der Waals surface area contributed by atoms with Crippen LogP contribution < -0.4 is 10.5 Å². The molecule has 0 saturated heterocycles. The predicted octanol–water partition coefficient (Wildman–Crippen LogP) is 2.61. The molecule has 0 aliphatic heterocycles. The summed E-state index contributed by atoms with van der Waals surface area (Å²) in [7, 11) is 0. The number of anilines is 1. The lowest BCUT2D eigenvalue weighted by Gasteiger charge is -2.11. The van der Waals surface area contributed by atoms with Gasteiger partial charge in [-0.05, 0) is 38.5 Å². The number of aryl methyl sites for hydroxylation is 1. The number of nitrogens with two attached hydrogens (primary N) is 1. The predicted molar refractivity (Wildman–Crippen MR) is 72.7 cm³/mol. The average molecular weight is 245 g/mol. The first-order chi connectivity index (χ1) is 8.56. The Labute approximate surface area is 107 Å². The monoisotopic (exact) mass is 245 g/mol. The Morgan fingerprint density at radius 1 is 1.28 bits per heavy atom. The van der Waals surface area contributed by atoms with Crippen molar-refractivity contribution < 1.29 is 4.74 Å². The van der Waals surface area contributed by atoms with Crippen LogP contribution in [0, 0.1) is 6.92 Å². The molecule has 0 aliphatic rings. The Bertz CT molecular complexity index is 495. The zero-order valence-electron chi connectivity index (χ0n) is 11.1. The third-order valence-corrected chi connectivity index (χ3v) is 2.72. The molecule has 96 valence electrons. The van der Waals surface area contributed by atoms with Crippen LogP contribution in [0.3, 0.4) is 0 Å². The van der Waals surface area contributed by atoms with Crippen LogP contribution in [0.5, 0.6) is 5.75 Å². The maximum absolute atomic E-state index is 5.81. The molecule has 2 rings (SSSR count). The number of hydrogen-bond acceptors (Lipinski definition) is 3. The first kappa shape index (κ1) is 12.5. The highest BCUT2D eigenvalue weighted by atomic mass is 16.5. The van der Waals surface area contributed by atoms with E-state index >= 15 is 0 Å². The van der Waals surface area contributed by atoms with Crippen LogP contribution in [-0.4, -0.2) is 15.7 Å². The van der Waals surface area contributed by atoms with Gasteiger partial charge in [-0.15, -0.1) is 0 Å². The van der Waals surface area contributed by atoms with E-state index in [4.69, 9.17) is 10.5 Å². The molecular formula is C14H19N3O. The second-order valence-corrected chi connectivity index (χ2v) is 4.65. The molecule has 1 aromatic carbocycles. The van der Waals surface area contributed by atoms with Gasteiger partial charge in [-0.25, -0.2) is 4.98 Å². The summed E-state index contributed by atoms with van der Waals surface area (Å²) < 4.78 is 7.59. The fourth-order valence-corrected chi connectivity index (χ4v) is 1.81. The van der Waals surface area contributed by atoms with Crippen LogP contribution >= 0.6 is 0 Å². The minimum absolute atomic E-state index is 0.197. The van der Waals surface area contributed by atoms with Crippen LogP contribution in [0.25, 0.3) is 0 Å². The largest absolute Gasteiger partial charge is 0.491 e. The number of hydrogen-bond donors (Lipinski definition) is 1. The smallest absolute Gasteiger partial charge is 0.200 e. The van der Waals surface area contributed by atoms with Gasteiger partial charge in [-0.3, -0.25) is 0 Å². The molecule has 0 amide bonds. The van der Waals surface area contributed by atoms with Crippen molar-refractivity contribution in [2.45, 2.75) is 33.4 Å². The number of imidazole rings is 1. The third kappa shape index (κ3) is 2.83. The topological polar surface area (TPSA) is 53.1 Å². The Balaban J connectivity index is 2.11. The fourth-order valence-electron chi connectivity index (χ4n) is 1.81. The highest BCUT2D eigenvalue weighted by Crippen LogP contribution is 2.16. The summed E-state index contributed by atoms with van der Waals surface area (Å²) in [5, 5.41) is 0. The summed E-state index contributed by atoms with van der Waals surface area (Å²) in [6, 6.07) is 8.07. The van der Waals surface area contributed by atoms with E-state index in [0.29, 0.717) is 5.95 Å². The molecule has 1 aromatic heterocycles. The molecule has 0 unspecified atom stereocenters. The summed E-state index contributed by atoms with van der Waals surface area (Å²) >= 11 is 0. The van der Waals surface area contributed by atoms with Crippen LogP contribution in [0.4, 0.5) is 5.95 Å². The molecular weight excluding hydrogens is 226 g/mol. The van der Waals surface area contributed by atoms with Gasteiger partial charge in [0.1, 0.15) is 5.75 Å². The maximum Gasteiger partial charge on any atom is 0.200 e. The van der Waals surface area contributed by atoms with Crippen LogP contribution in [0.1, 0.15) is 25.1 Å². The van der Waals surface area contributed by atoms with Gasteiger partial charge in [0.15, 0.2) is 0 Å². The van der Waals surface area contributed by atoms with Crippen LogP contribution in [0.2, 0.25) is 0 Å². The SMILES string of the molecule is Cc1cnc(N)n1Cc1ccc(OC(C)C)cc1. The molecule has 0 atom stereocenters. The standard InChI is InChI=1S/C14H19N3O/c1-10(2)18-13-6-4-12(5-7-13)9-17-11(3)8-16-14(17)15/h4-8,10H,9H2,1-3H3,(H2,15,16). The van der Waals surface area contributed by atoms with E-state index in [1.54, 1.807) is 6.20 Å². The van der Waals surface area contributed by atoms with Crippen molar-refractivity contribution >= 4 is 5.95 Å². The van der Waals surface area contributed by atoms with E-state index in [-0.39, 0.29) is 6.10 Å². The average Bonchev–Trinajstić information content (AvgIpc) is 2.63. The minimum atomic E-state index is 0.197. The molecule has 4 nitrogen and oxygen atoms in total. The van der Waals surface area contributed by atoms with Crippen molar-refractivity contribution in [3.8, 4) is 5.75 Å². The van der Waals surface area contributed by atoms with Gasteiger partial charge in [0.25, 0.3) is 0 Å². The summed E-state index contributed by atoms with van der Waals surface area (Å²) in [6.07, 6.45) is 1.98. The van der Waals surface area contributed by atoms with Gasteiger partial charge in [-0.2, -0.15) is 0 Å². The Morgan fingerprint density at radius 2 is 1.94 bits per heavy atom. The second-order valence-electron chi connectivity index (χ2n) is 4.65. The zero-order valence-corrected chi connectivity index (χ0v) is 11.1. The Morgan fingerprint density at radius 3 is 2.44 bits per heavy atom. The molecule has 2 N–H and O–H groups in total. The molecule has 1 heterocycles. The number of aromatic nitrogens is 2. The van der Waals surface area contributed by atoms with Crippen molar-refractivity contribution in [3.63, 3.8) is 0 Å². The molecule has 0 radical (unpaired) electrons. The van der Waals surface area contributed by atoms with E-state index in [2.05, 4.69) is 17.1 Å². The zero-order chi connectivity index (χ0) is 13.1. The van der Waals surface area contributed by atoms with Crippen molar-refractivity contribution in [1.29, 1.82) is 0 Å². The molecule has 0 bridgehead atoms. The lowest BCUT2D eigenvalue weighted by molar-refractivity contribution is 0.242. The number of benzene rings is 1. The van der Waals surface area contributed by atoms with E-state index < -0.39 is 0 Å². The Kier molecular flexibility index (Phi) is 3.55. The molecule has 2 aromatic rings. The van der Waals surface area contributed by atoms with E-state index in [0.717, 1.165) is 18.0 Å². The third-order valence-electron chi connectivity index (χ3n) is 2.72. The summed E-state index contributed by atoms with van der Waals surface area (Å²) in [5.41, 5.74) is 8.06. The molecule has 0 spiro atoms. The highest BCUT2D eigenvalue weighted by Gasteiger charge is 2.04. The quantitative estimate of drug-likeness (QED) is 0.900. The lowest BCUT2D eigenvalue weighted by Crippen LogP contribution is -2.07. The maximum atomic E-state index is 5.81. The number of rotatable bonds is 4. The van der Waals surface area contributed by atoms with Crippen molar-refractivity contribution in [2.24, 2.45) is 0 Å². The van der Waals surface area contributed by atoms with E-state index in [1.807, 2.05) is 37.5 Å². The first-order valence-electron chi connectivity index (χ1n) is 6.09. The van der Waals surface area contributed by atoms with Gasteiger partial charge < -0.3 is 15.0 Å². The molecule has 18 heavy (non-hydrogen) atoms. The minimum Gasteiger partial charge on any atom is -0.491 e. The van der Waals surface area contributed by atoms with Gasteiger partial charge in [-0.1, -0.05) is 12.1 Å². The second kappa shape index (κ2) is 5.12. The molecule has 0 fully saturated rings. The number of ether oxygens (including phenoxy) is 1. The molecule has 4 heteroatoms. The normalized spacial score (nSPS) is 10.9. The molecule has 0 saturated carbocycles. The summed E-state index contributed by atoms with van der Waals surface area (Å²) in [5.74, 6) is 1.44. The van der Waals surface area contributed by atoms with Gasteiger partial charge in [0.05, 0.1) is 18.8 Å². The summed E-state index contributed by atoms with van der Waals surface area (Å²) in [4.78, 5) is 4.09. The lowest BCUT2D eigenvalue weighted by atomic mass is 10.2. The van der Waals surface area contributed by atoms with E-state index in [1.165, 1.54) is 5.56 Å². The number of nitrogen functional groups attached to an aromatic ring is 1. The van der Waals surface area contributed by atoms with Crippen LogP contribution in [-0.2, 0) is 6.54 Å². The fraction of sp³-hybridized carbons (Fsp3) is 0.357. The van der Waals surface area contributed by atoms with Crippen molar-refractivity contribution in [3.05, 3.63) is 41.7 Å². The highest BCUT2D eigenvalue weighted by molar-refractivity contribution is 5.30. The van der Waals surface area contributed by atoms with Gasteiger partial charge in [0.2, 0.25) is 5.95 Å². The number of nitrogens with zero attached hydrogens (tertiary/aromatic N) is 2. The first-order valence-corrected chi connectivity index (χ1v) is 6.09. The van der Waals surface area contributed by atoms with Crippen molar-refractivity contribution in [2.75, 3.05) is 5.73 Å². The van der Waals surface area contributed by atoms with Gasteiger partial charge in [0, 0.05) is 5.69 Å². The summed E-state index contributed by atoms with van der Waals surface area (Å²) in [6.45, 7) is 6.77. The van der Waals surface area contributed by atoms with E-state index in [9.17, 15) is 0 Å². The molecule has 0 aliphatic carbocycles. The van der Waals surface area contributed by atoms with Crippen molar-refractivity contribution in [1.82, 2.24) is 9.55 Å². The Hall–Kier alpha value is -1.97. The van der Waals surface area contributed by atoms with Crippen LogP contribution in [0.15, 0.2) is 30.5 Å².